The second-order valence-electron chi connectivity index (χ2n) is 5.38. The smallest absolute Gasteiger partial charge is 0.407 e. The van der Waals surface area contributed by atoms with Gasteiger partial charge in [0.15, 0.2) is 5.75 Å². The fourth-order valence-corrected chi connectivity index (χ4v) is 3.78. The molecular formula is C14H13Cl2IN2O4. The standard InChI is InChI=1S/C14H13Cl2IN2O4/c15-9-5-8-12(10(16)11(9)17)23-4-1-7-6-18(14(21)22)2-3-19(7)13(8)20/h5,7H,1-4,6H2,(H,21,22)/t7-/m0/s1. The maximum Gasteiger partial charge on any atom is 0.407 e. The molecule has 0 radical (unpaired) electrons. The van der Waals surface area contributed by atoms with Crippen LogP contribution in [0.1, 0.15) is 16.8 Å². The van der Waals surface area contributed by atoms with Crippen molar-refractivity contribution in [3.63, 3.8) is 0 Å². The Bertz CT molecular complexity index is 685. The summed E-state index contributed by atoms with van der Waals surface area (Å²) in [5, 5.41) is 9.87. The summed E-state index contributed by atoms with van der Waals surface area (Å²) >= 11 is 14.4. The normalized spacial score (nSPS) is 21.0. The molecule has 0 bridgehead atoms. The summed E-state index contributed by atoms with van der Waals surface area (Å²) in [4.78, 5) is 27.0. The summed E-state index contributed by atoms with van der Waals surface area (Å²) in [5.41, 5.74) is 0.328. The van der Waals surface area contributed by atoms with Crippen molar-refractivity contribution < 1.29 is 19.4 Å². The van der Waals surface area contributed by atoms with Crippen LogP contribution in [0.2, 0.25) is 10.0 Å². The Balaban J connectivity index is 1.98. The van der Waals surface area contributed by atoms with Gasteiger partial charge in [0.2, 0.25) is 0 Å². The average Bonchev–Trinajstić information content (AvgIpc) is 2.52. The lowest BCUT2D eigenvalue weighted by molar-refractivity contribution is 0.0374. The zero-order chi connectivity index (χ0) is 16.7. The molecule has 2 amide bonds. The van der Waals surface area contributed by atoms with Crippen molar-refractivity contribution in [3.05, 3.63) is 25.2 Å². The Morgan fingerprint density at radius 1 is 1.39 bits per heavy atom. The van der Waals surface area contributed by atoms with E-state index in [1.807, 2.05) is 22.6 Å². The summed E-state index contributed by atoms with van der Waals surface area (Å²) in [6.45, 7) is 1.27. The zero-order valence-electron chi connectivity index (χ0n) is 11.9. The molecule has 23 heavy (non-hydrogen) atoms. The molecule has 6 nitrogen and oxygen atoms in total. The number of carbonyl (C=O) groups is 2. The number of hydrogen-bond acceptors (Lipinski definition) is 3. The van der Waals surface area contributed by atoms with Gasteiger partial charge in [-0.05, 0) is 28.7 Å². The predicted octanol–water partition coefficient (Wildman–Crippen LogP) is 3.18. The first kappa shape index (κ1) is 16.9. The van der Waals surface area contributed by atoms with Crippen LogP contribution in [0.4, 0.5) is 4.79 Å². The molecule has 3 rings (SSSR count). The third-order valence-corrected chi connectivity index (χ3v) is 6.48. The van der Waals surface area contributed by atoms with E-state index in [4.69, 9.17) is 33.0 Å². The highest BCUT2D eigenvalue weighted by atomic mass is 127. The number of rotatable bonds is 0. The number of carbonyl (C=O) groups excluding carboxylic acids is 1. The molecule has 2 aliphatic rings. The molecule has 0 spiro atoms. The van der Waals surface area contributed by atoms with E-state index in [0.717, 1.165) is 0 Å². The predicted molar refractivity (Wildman–Crippen MR) is 93.7 cm³/mol. The molecule has 2 aliphatic heterocycles. The van der Waals surface area contributed by atoms with Crippen LogP contribution in [0.5, 0.6) is 5.75 Å². The lowest BCUT2D eigenvalue weighted by Crippen LogP contribution is -2.57. The zero-order valence-corrected chi connectivity index (χ0v) is 15.6. The molecule has 0 unspecified atom stereocenters. The number of carboxylic acid groups (broad SMARTS) is 1. The van der Waals surface area contributed by atoms with Gasteiger partial charge >= 0.3 is 6.09 Å². The number of nitrogens with zero attached hydrogens (tertiary/aromatic N) is 2. The van der Waals surface area contributed by atoms with Gasteiger partial charge in [0.05, 0.1) is 31.8 Å². The Kier molecular flexibility index (Phi) is 4.80. The van der Waals surface area contributed by atoms with Crippen LogP contribution >= 0.6 is 45.8 Å². The number of halogens is 3. The molecule has 124 valence electrons. The number of fused-ring (bicyclic) bond motifs is 2. The van der Waals surface area contributed by atoms with Crippen molar-refractivity contribution >= 4 is 57.8 Å². The number of hydrogen-bond donors (Lipinski definition) is 1. The van der Waals surface area contributed by atoms with Crippen molar-refractivity contribution in [3.8, 4) is 5.75 Å². The quantitative estimate of drug-likeness (QED) is 0.467. The first-order valence-corrected chi connectivity index (χ1v) is 8.82. The number of piperazine rings is 1. The van der Waals surface area contributed by atoms with Gasteiger partial charge in [-0.1, -0.05) is 23.2 Å². The summed E-state index contributed by atoms with van der Waals surface area (Å²) < 4.78 is 6.35. The van der Waals surface area contributed by atoms with Gasteiger partial charge in [0.25, 0.3) is 5.91 Å². The van der Waals surface area contributed by atoms with Gasteiger partial charge in [-0.2, -0.15) is 0 Å². The van der Waals surface area contributed by atoms with E-state index in [0.29, 0.717) is 51.0 Å². The molecular weight excluding hydrogens is 458 g/mol. The molecule has 1 saturated heterocycles. The number of benzene rings is 1. The van der Waals surface area contributed by atoms with Gasteiger partial charge in [0, 0.05) is 26.1 Å². The molecule has 2 heterocycles. The molecule has 0 saturated carbocycles. The van der Waals surface area contributed by atoms with Crippen molar-refractivity contribution in [2.75, 3.05) is 26.2 Å². The second kappa shape index (κ2) is 6.52. The topological polar surface area (TPSA) is 70.1 Å². The lowest BCUT2D eigenvalue weighted by atomic mass is 10.0. The average molecular weight is 471 g/mol. The van der Waals surface area contributed by atoms with Gasteiger partial charge in [0.1, 0.15) is 0 Å². The lowest BCUT2D eigenvalue weighted by Gasteiger charge is -2.41. The maximum atomic E-state index is 12.9. The monoisotopic (exact) mass is 470 g/mol. The summed E-state index contributed by atoms with van der Waals surface area (Å²) in [7, 11) is 0. The van der Waals surface area contributed by atoms with E-state index in [-0.39, 0.29) is 18.5 Å². The SMILES string of the molecule is O=C(O)N1CCN2C(=O)c3cc(Cl)c(I)c(Cl)c3OCC[C@H]2C1. The number of amides is 2. The van der Waals surface area contributed by atoms with E-state index >= 15 is 0 Å². The van der Waals surface area contributed by atoms with Crippen LogP contribution in [0.25, 0.3) is 0 Å². The highest BCUT2D eigenvalue weighted by Crippen LogP contribution is 2.39. The largest absolute Gasteiger partial charge is 0.491 e. The van der Waals surface area contributed by atoms with E-state index in [1.165, 1.54) is 4.90 Å². The van der Waals surface area contributed by atoms with Gasteiger partial charge < -0.3 is 19.6 Å². The molecule has 0 aliphatic carbocycles. The van der Waals surface area contributed by atoms with E-state index in [9.17, 15) is 9.59 Å². The number of ether oxygens (including phenoxy) is 1. The molecule has 9 heteroatoms. The van der Waals surface area contributed by atoms with E-state index in [1.54, 1.807) is 11.0 Å². The van der Waals surface area contributed by atoms with Crippen molar-refractivity contribution in [2.45, 2.75) is 12.5 Å². The Labute approximate surface area is 156 Å². The van der Waals surface area contributed by atoms with Crippen LogP contribution in [0, 0.1) is 3.57 Å². The third kappa shape index (κ3) is 3.06. The first-order valence-electron chi connectivity index (χ1n) is 6.99. The van der Waals surface area contributed by atoms with Crippen LogP contribution in [0.15, 0.2) is 6.07 Å². The second-order valence-corrected chi connectivity index (χ2v) is 7.25. The Morgan fingerprint density at radius 2 is 2.13 bits per heavy atom. The van der Waals surface area contributed by atoms with Gasteiger partial charge in [-0.25, -0.2) is 4.79 Å². The van der Waals surface area contributed by atoms with Crippen molar-refractivity contribution in [1.82, 2.24) is 9.80 Å². The van der Waals surface area contributed by atoms with Crippen LogP contribution < -0.4 is 4.74 Å². The summed E-state index contributed by atoms with van der Waals surface area (Å²) in [6, 6.07) is 1.36. The Hall–Kier alpha value is -0.930. The molecule has 1 atom stereocenters. The summed E-state index contributed by atoms with van der Waals surface area (Å²) in [6.07, 6.45) is -0.425. The highest BCUT2D eigenvalue weighted by Gasteiger charge is 2.36. The highest BCUT2D eigenvalue weighted by molar-refractivity contribution is 14.1. The molecule has 0 aromatic heterocycles. The van der Waals surface area contributed by atoms with E-state index < -0.39 is 6.09 Å². The van der Waals surface area contributed by atoms with E-state index in [2.05, 4.69) is 0 Å². The van der Waals surface area contributed by atoms with Crippen molar-refractivity contribution in [1.29, 1.82) is 0 Å². The Morgan fingerprint density at radius 3 is 2.83 bits per heavy atom. The van der Waals surface area contributed by atoms with Crippen LogP contribution in [0.3, 0.4) is 0 Å². The van der Waals surface area contributed by atoms with Crippen molar-refractivity contribution in [2.24, 2.45) is 0 Å². The van der Waals surface area contributed by atoms with Crippen LogP contribution in [-0.4, -0.2) is 59.2 Å². The third-order valence-electron chi connectivity index (χ3n) is 4.06. The van der Waals surface area contributed by atoms with Crippen LogP contribution in [-0.2, 0) is 0 Å². The molecule has 1 N–H and O–H groups in total. The summed E-state index contributed by atoms with van der Waals surface area (Å²) in [5.74, 6) is 0.125. The molecule has 1 aromatic rings. The minimum absolute atomic E-state index is 0.211. The van der Waals surface area contributed by atoms with Gasteiger partial charge in [-0.15, -0.1) is 0 Å². The fraction of sp³-hybridized carbons (Fsp3) is 0.429. The first-order chi connectivity index (χ1) is 10.9. The van der Waals surface area contributed by atoms with Gasteiger partial charge in [-0.3, -0.25) is 4.79 Å². The molecule has 1 aromatic carbocycles. The minimum atomic E-state index is -0.971. The maximum absolute atomic E-state index is 12.9. The fourth-order valence-electron chi connectivity index (χ4n) is 2.87. The molecule has 1 fully saturated rings. The minimum Gasteiger partial charge on any atom is -0.491 e.